The monoisotopic (exact) mass is 500 g/mol. The Morgan fingerprint density at radius 3 is 2.09 bits per heavy atom. The van der Waals surface area contributed by atoms with Crippen molar-refractivity contribution in [2.24, 2.45) is 5.41 Å². The van der Waals surface area contributed by atoms with Crippen LogP contribution in [0.1, 0.15) is 24.0 Å². The Bertz CT molecular complexity index is 1020. The summed E-state index contributed by atoms with van der Waals surface area (Å²) < 4.78 is 79.8. The van der Waals surface area contributed by atoms with Gasteiger partial charge in [-0.2, -0.15) is 26.3 Å². The van der Waals surface area contributed by atoms with Crippen molar-refractivity contribution >= 4 is 6.09 Å². The molecule has 4 rings (SSSR count). The number of ether oxygens (including phenoxy) is 1. The fourth-order valence-electron chi connectivity index (χ4n) is 4.91. The Hall–Kier alpha value is -2.75. The summed E-state index contributed by atoms with van der Waals surface area (Å²) in [6.07, 6.45) is -16.1. The third kappa shape index (κ3) is 5.74. The van der Waals surface area contributed by atoms with E-state index in [0.717, 1.165) is 35.7 Å². The van der Waals surface area contributed by atoms with Crippen molar-refractivity contribution in [2.45, 2.75) is 44.8 Å². The fourth-order valence-corrected chi connectivity index (χ4v) is 4.91. The number of hydrogen-bond donors (Lipinski definition) is 0. The number of carbonyl (C=O) groups excluding carboxylic acids is 1. The van der Waals surface area contributed by atoms with Crippen LogP contribution in [0.3, 0.4) is 0 Å². The Morgan fingerprint density at radius 1 is 0.943 bits per heavy atom. The smallest absolute Gasteiger partial charge is 0.426 e. The highest BCUT2D eigenvalue weighted by Gasteiger charge is 2.60. The number of rotatable bonds is 4. The maximum atomic E-state index is 12.7. The molecular formula is C25H26F6N2O2. The molecule has 10 heteroatoms. The molecule has 0 radical (unpaired) electrons. The second kappa shape index (κ2) is 9.37. The normalized spacial score (nSPS) is 18.6. The molecule has 2 fully saturated rings. The highest BCUT2D eigenvalue weighted by molar-refractivity contribution is 5.68. The van der Waals surface area contributed by atoms with Crippen LogP contribution in [-0.2, 0) is 11.3 Å². The number of likely N-dealkylation sites (tertiary alicyclic amines) is 2. The van der Waals surface area contributed by atoms with Gasteiger partial charge in [0, 0.05) is 32.7 Å². The average Bonchev–Trinajstić information content (AvgIpc) is 2.77. The summed E-state index contributed by atoms with van der Waals surface area (Å²) in [7, 11) is 0. The molecule has 2 heterocycles. The van der Waals surface area contributed by atoms with E-state index in [1.54, 1.807) is 0 Å². The second-order valence-electron chi connectivity index (χ2n) is 9.49. The van der Waals surface area contributed by atoms with Crippen molar-refractivity contribution in [2.75, 3.05) is 26.2 Å². The van der Waals surface area contributed by atoms with Crippen LogP contribution in [0.2, 0.25) is 0 Å². The van der Waals surface area contributed by atoms with Crippen molar-refractivity contribution in [1.29, 1.82) is 0 Å². The van der Waals surface area contributed by atoms with Crippen LogP contribution >= 0.6 is 0 Å². The van der Waals surface area contributed by atoms with Gasteiger partial charge >= 0.3 is 18.4 Å². The highest BCUT2D eigenvalue weighted by Crippen LogP contribution is 2.42. The Balaban J connectivity index is 1.28. The molecule has 0 aliphatic carbocycles. The van der Waals surface area contributed by atoms with E-state index in [1.165, 1.54) is 11.1 Å². The molecule has 4 nitrogen and oxygen atoms in total. The van der Waals surface area contributed by atoms with Gasteiger partial charge in [-0.3, -0.25) is 4.90 Å². The predicted molar refractivity (Wildman–Crippen MR) is 118 cm³/mol. The predicted octanol–water partition coefficient (Wildman–Crippen LogP) is 6.19. The van der Waals surface area contributed by atoms with Gasteiger partial charge in [0.1, 0.15) is 0 Å². The molecular weight excluding hydrogens is 474 g/mol. The molecule has 2 saturated heterocycles. The summed E-state index contributed by atoms with van der Waals surface area (Å²) >= 11 is 0. The summed E-state index contributed by atoms with van der Waals surface area (Å²) in [4.78, 5) is 15.2. The molecule has 2 aliphatic heterocycles. The molecule has 1 spiro atoms. The third-order valence-corrected chi connectivity index (χ3v) is 6.86. The number of amides is 1. The molecule has 0 atom stereocenters. The minimum Gasteiger partial charge on any atom is -0.426 e. The Kier molecular flexibility index (Phi) is 6.78. The van der Waals surface area contributed by atoms with Crippen LogP contribution in [-0.4, -0.2) is 60.5 Å². The summed E-state index contributed by atoms with van der Waals surface area (Å²) in [5, 5.41) is 0. The SMILES string of the molecule is Cc1cc(-c2ccccc2)ccc1CN1CC2(CCN(C(=O)OC(C(F)(F)F)C(F)(F)F)CC2)C1. The van der Waals surface area contributed by atoms with Crippen LogP contribution in [0.15, 0.2) is 48.5 Å². The topological polar surface area (TPSA) is 32.8 Å². The molecule has 190 valence electrons. The fraction of sp³-hybridized carbons (Fsp3) is 0.480. The Morgan fingerprint density at radius 2 is 1.54 bits per heavy atom. The lowest BCUT2D eigenvalue weighted by Crippen LogP contribution is -2.60. The number of halogens is 6. The van der Waals surface area contributed by atoms with Gasteiger partial charge in [-0.15, -0.1) is 0 Å². The lowest BCUT2D eigenvalue weighted by atomic mass is 9.72. The zero-order valence-corrected chi connectivity index (χ0v) is 19.1. The maximum absolute atomic E-state index is 12.7. The highest BCUT2D eigenvalue weighted by atomic mass is 19.4. The van der Waals surface area contributed by atoms with E-state index in [-0.39, 0.29) is 18.5 Å². The van der Waals surface area contributed by atoms with E-state index in [4.69, 9.17) is 0 Å². The first-order chi connectivity index (χ1) is 16.4. The first-order valence-corrected chi connectivity index (χ1v) is 11.3. The van der Waals surface area contributed by atoms with Crippen LogP contribution in [0, 0.1) is 12.3 Å². The maximum Gasteiger partial charge on any atom is 0.434 e. The van der Waals surface area contributed by atoms with Crippen LogP contribution < -0.4 is 0 Å². The van der Waals surface area contributed by atoms with E-state index in [0.29, 0.717) is 12.8 Å². The number of benzene rings is 2. The van der Waals surface area contributed by atoms with Gasteiger partial charge in [0.2, 0.25) is 0 Å². The molecule has 2 aromatic rings. The summed E-state index contributed by atoms with van der Waals surface area (Å²) in [6.45, 7) is 4.50. The molecule has 2 aromatic carbocycles. The van der Waals surface area contributed by atoms with E-state index in [1.807, 2.05) is 18.2 Å². The van der Waals surface area contributed by atoms with Gasteiger partial charge in [-0.1, -0.05) is 48.5 Å². The summed E-state index contributed by atoms with van der Waals surface area (Å²) in [6, 6.07) is 16.4. The number of piperidine rings is 1. The summed E-state index contributed by atoms with van der Waals surface area (Å²) in [5.41, 5.74) is 4.58. The van der Waals surface area contributed by atoms with Gasteiger partial charge in [-0.05, 0) is 47.4 Å². The quantitative estimate of drug-likeness (QED) is 0.470. The molecule has 2 aliphatic rings. The van der Waals surface area contributed by atoms with Crippen molar-refractivity contribution < 1.29 is 35.9 Å². The number of carbonyl (C=O) groups is 1. The number of alkyl halides is 6. The zero-order valence-electron chi connectivity index (χ0n) is 19.1. The molecule has 0 aromatic heterocycles. The average molecular weight is 500 g/mol. The third-order valence-electron chi connectivity index (χ3n) is 6.86. The number of hydrogen-bond acceptors (Lipinski definition) is 3. The van der Waals surface area contributed by atoms with Crippen molar-refractivity contribution in [3.8, 4) is 11.1 Å². The van der Waals surface area contributed by atoms with Crippen molar-refractivity contribution in [1.82, 2.24) is 9.80 Å². The lowest BCUT2D eigenvalue weighted by molar-refractivity contribution is -0.308. The lowest BCUT2D eigenvalue weighted by Gasteiger charge is -2.54. The van der Waals surface area contributed by atoms with Gasteiger partial charge in [0.15, 0.2) is 0 Å². The van der Waals surface area contributed by atoms with Crippen LogP contribution in [0.4, 0.5) is 31.1 Å². The van der Waals surface area contributed by atoms with Crippen LogP contribution in [0.25, 0.3) is 11.1 Å². The van der Waals surface area contributed by atoms with Crippen molar-refractivity contribution in [3.63, 3.8) is 0 Å². The molecule has 35 heavy (non-hydrogen) atoms. The van der Waals surface area contributed by atoms with E-state index in [9.17, 15) is 31.1 Å². The van der Waals surface area contributed by atoms with Crippen LogP contribution in [0.5, 0.6) is 0 Å². The van der Waals surface area contributed by atoms with E-state index < -0.39 is 24.5 Å². The largest absolute Gasteiger partial charge is 0.434 e. The first kappa shape index (κ1) is 25.3. The van der Waals surface area contributed by atoms with Crippen molar-refractivity contribution in [3.05, 3.63) is 59.7 Å². The van der Waals surface area contributed by atoms with E-state index in [2.05, 4.69) is 46.9 Å². The minimum absolute atomic E-state index is 0.0694. The van der Waals surface area contributed by atoms with E-state index >= 15 is 0 Å². The van der Waals surface area contributed by atoms with Gasteiger partial charge in [-0.25, -0.2) is 4.79 Å². The van der Waals surface area contributed by atoms with Gasteiger partial charge in [0.05, 0.1) is 0 Å². The van der Waals surface area contributed by atoms with Gasteiger partial charge in [0.25, 0.3) is 6.10 Å². The molecule has 0 saturated carbocycles. The molecule has 0 N–H and O–H groups in total. The first-order valence-electron chi connectivity index (χ1n) is 11.3. The molecule has 0 unspecified atom stereocenters. The standard InChI is InChI=1S/C25H26F6N2O2/c1-17-13-19(18-5-3-2-4-6-18)7-8-20(17)14-32-15-23(16-32)9-11-33(12-10-23)22(34)35-21(24(26,27)28)25(29,30)31/h2-8,13,21H,9-12,14-16H2,1H3. The zero-order chi connectivity index (χ0) is 25.4. The number of nitrogens with zero attached hydrogens (tertiary/aromatic N) is 2. The molecule has 0 bridgehead atoms. The summed E-state index contributed by atoms with van der Waals surface area (Å²) in [5.74, 6) is 0. The minimum atomic E-state index is -5.71. The molecule has 1 amide bonds. The Labute approximate surface area is 199 Å². The van der Waals surface area contributed by atoms with Gasteiger partial charge < -0.3 is 9.64 Å². The number of aryl methyl sites for hydroxylation is 1. The second-order valence-corrected chi connectivity index (χ2v) is 9.49.